The van der Waals surface area contributed by atoms with Crippen LogP contribution in [0.3, 0.4) is 0 Å². The van der Waals surface area contributed by atoms with Crippen molar-refractivity contribution in [2.24, 2.45) is 5.73 Å². The van der Waals surface area contributed by atoms with Gasteiger partial charge in [0.2, 0.25) is 0 Å². The number of nitrogens with two attached hydrogens (primary N) is 1. The van der Waals surface area contributed by atoms with Gasteiger partial charge in [0.15, 0.2) is 0 Å². The van der Waals surface area contributed by atoms with Crippen molar-refractivity contribution in [1.29, 1.82) is 0 Å². The van der Waals surface area contributed by atoms with Gasteiger partial charge >= 0.3 is 5.97 Å². The number of aryl methyl sites for hydroxylation is 1. The van der Waals surface area contributed by atoms with Crippen LogP contribution in [0.15, 0.2) is 12.1 Å². The van der Waals surface area contributed by atoms with Crippen molar-refractivity contribution in [1.82, 2.24) is 0 Å². The van der Waals surface area contributed by atoms with Gasteiger partial charge in [-0.2, -0.15) is 0 Å². The molecule has 1 aromatic rings. The Hall–Kier alpha value is -1.55. The minimum atomic E-state index is -0.906. The summed E-state index contributed by atoms with van der Waals surface area (Å²) in [4.78, 5) is 10.7. The Labute approximate surface area is 108 Å². The first-order valence-corrected chi connectivity index (χ1v) is 6.07. The molecule has 0 spiro atoms. The van der Waals surface area contributed by atoms with Gasteiger partial charge in [0.25, 0.3) is 0 Å². The fourth-order valence-corrected chi connectivity index (χ4v) is 1.79. The first kappa shape index (κ1) is 14.5. The monoisotopic (exact) mass is 251 g/mol. The largest absolute Gasteiger partial charge is 0.490 e. The van der Waals surface area contributed by atoms with Crippen LogP contribution < -0.4 is 10.5 Å². The average Bonchev–Trinajstić information content (AvgIpc) is 2.23. The van der Waals surface area contributed by atoms with Gasteiger partial charge in [-0.05, 0) is 38.8 Å². The Bertz CT molecular complexity index is 441. The van der Waals surface area contributed by atoms with E-state index in [1.807, 2.05) is 39.8 Å². The van der Waals surface area contributed by atoms with E-state index in [9.17, 15) is 4.79 Å². The number of rotatable bonds is 5. The molecule has 0 aliphatic carbocycles. The quantitative estimate of drug-likeness (QED) is 0.843. The Morgan fingerprint density at radius 2 is 2.00 bits per heavy atom. The van der Waals surface area contributed by atoms with Crippen LogP contribution in [-0.4, -0.2) is 17.2 Å². The summed E-state index contributed by atoms with van der Waals surface area (Å²) in [6, 6.07) is 3.25. The summed E-state index contributed by atoms with van der Waals surface area (Å²) in [5.74, 6) is -0.185. The molecule has 0 saturated carbocycles. The number of carbonyl (C=O) groups is 1. The van der Waals surface area contributed by atoms with Crippen LogP contribution >= 0.6 is 0 Å². The van der Waals surface area contributed by atoms with Crippen molar-refractivity contribution in [3.63, 3.8) is 0 Å². The van der Waals surface area contributed by atoms with Crippen LogP contribution in [-0.2, 0) is 4.79 Å². The van der Waals surface area contributed by atoms with E-state index < -0.39 is 12.0 Å². The molecular weight excluding hydrogens is 230 g/mol. The van der Waals surface area contributed by atoms with E-state index in [4.69, 9.17) is 15.6 Å². The fourth-order valence-electron chi connectivity index (χ4n) is 1.79. The predicted molar refractivity (Wildman–Crippen MR) is 70.9 cm³/mol. The molecule has 3 N–H and O–H groups in total. The van der Waals surface area contributed by atoms with Crippen LogP contribution in [0.2, 0.25) is 0 Å². The first-order chi connectivity index (χ1) is 8.32. The molecule has 4 nitrogen and oxygen atoms in total. The molecule has 1 rings (SSSR count). The molecular formula is C14H21NO3. The van der Waals surface area contributed by atoms with Crippen LogP contribution in [0.4, 0.5) is 0 Å². The lowest BCUT2D eigenvalue weighted by Crippen LogP contribution is -2.18. The van der Waals surface area contributed by atoms with E-state index in [2.05, 4.69) is 0 Å². The van der Waals surface area contributed by atoms with Crippen LogP contribution in [0.25, 0.3) is 0 Å². The molecule has 1 atom stereocenters. The van der Waals surface area contributed by atoms with Gasteiger partial charge < -0.3 is 15.6 Å². The molecule has 1 aromatic carbocycles. The SMILES string of the molecule is Cc1ccc(C(N)CC(=O)O)c(OC(C)C)c1C. The minimum Gasteiger partial charge on any atom is -0.490 e. The fraction of sp³-hybridized carbons (Fsp3) is 0.500. The second-order valence-corrected chi connectivity index (χ2v) is 4.80. The van der Waals surface area contributed by atoms with E-state index in [-0.39, 0.29) is 12.5 Å². The third-order valence-corrected chi connectivity index (χ3v) is 2.85. The summed E-state index contributed by atoms with van der Waals surface area (Å²) in [5, 5.41) is 8.82. The third-order valence-electron chi connectivity index (χ3n) is 2.85. The Balaban J connectivity index is 3.17. The van der Waals surface area contributed by atoms with Crippen LogP contribution in [0, 0.1) is 13.8 Å². The number of benzene rings is 1. The highest BCUT2D eigenvalue weighted by Gasteiger charge is 2.18. The molecule has 1 unspecified atom stereocenters. The number of hydrogen-bond acceptors (Lipinski definition) is 3. The molecule has 18 heavy (non-hydrogen) atoms. The van der Waals surface area contributed by atoms with Crippen molar-refractivity contribution in [3.8, 4) is 5.75 Å². The summed E-state index contributed by atoms with van der Waals surface area (Å²) >= 11 is 0. The zero-order valence-electron chi connectivity index (χ0n) is 11.4. The van der Waals surface area contributed by atoms with Crippen LogP contribution in [0.1, 0.15) is 43.0 Å². The van der Waals surface area contributed by atoms with Crippen molar-refractivity contribution >= 4 is 5.97 Å². The highest BCUT2D eigenvalue weighted by molar-refractivity contribution is 5.68. The smallest absolute Gasteiger partial charge is 0.305 e. The maximum atomic E-state index is 10.7. The number of hydrogen-bond donors (Lipinski definition) is 2. The van der Waals surface area contributed by atoms with Gasteiger partial charge in [0.05, 0.1) is 12.5 Å². The first-order valence-electron chi connectivity index (χ1n) is 6.07. The van der Waals surface area contributed by atoms with Gasteiger partial charge in [-0.15, -0.1) is 0 Å². The van der Waals surface area contributed by atoms with Crippen molar-refractivity contribution in [3.05, 3.63) is 28.8 Å². The minimum absolute atomic E-state index is 0.0290. The molecule has 0 aliphatic rings. The molecule has 0 heterocycles. The second-order valence-electron chi connectivity index (χ2n) is 4.80. The molecule has 100 valence electrons. The van der Waals surface area contributed by atoms with Gasteiger partial charge in [0, 0.05) is 11.6 Å². The van der Waals surface area contributed by atoms with Crippen molar-refractivity contribution in [2.45, 2.75) is 46.3 Å². The van der Waals surface area contributed by atoms with E-state index in [0.29, 0.717) is 0 Å². The van der Waals surface area contributed by atoms with E-state index >= 15 is 0 Å². The van der Waals surface area contributed by atoms with Gasteiger partial charge in [0.1, 0.15) is 5.75 Å². The van der Waals surface area contributed by atoms with Gasteiger partial charge in [-0.3, -0.25) is 4.79 Å². The van der Waals surface area contributed by atoms with E-state index in [0.717, 1.165) is 22.4 Å². The molecule has 0 aromatic heterocycles. The Morgan fingerprint density at radius 1 is 1.39 bits per heavy atom. The third kappa shape index (κ3) is 3.47. The molecule has 0 bridgehead atoms. The highest BCUT2D eigenvalue weighted by atomic mass is 16.5. The van der Waals surface area contributed by atoms with Gasteiger partial charge in [-0.25, -0.2) is 0 Å². The summed E-state index contributed by atoms with van der Waals surface area (Å²) in [5.41, 5.74) is 8.81. The van der Waals surface area contributed by atoms with Gasteiger partial charge in [-0.1, -0.05) is 12.1 Å². The van der Waals surface area contributed by atoms with Crippen LogP contribution in [0.5, 0.6) is 5.75 Å². The predicted octanol–water partition coefficient (Wildman–Crippen LogP) is 2.57. The summed E-state index contributed by atoms with van der Waals surface area (Å²) in [7, 11) is 0. The number of aliphatic carboxylic acids is 1. The lowest BCUT2D eigenvalue weighted by molar-refractivity contribution is -0.137. The Morgan fingerprint density at radius 3 is 2.50 bits per heavy atom. The molecule has 0 saturated heterocycles. The maximum Gasteiger partial charge on any atom is 0.305 e. The molecule has 0 radical (unpaired) electrons. The summed E-state index contributed by atoms with van der Waals surface area (Å²) in [6.07, 6.45) is -0.0713. The Kier molecular flexibility index (Phi) is 4.73. The molecule has 4 heteroatoms. The van der Waals surface area contributed by atoms with E-state index in [1.54, 1.807) is 0 Å². The average molecular weight is 251 g/mol. The lowest BCUT2D eigenvalue weighted by Gasteiger charge is -2.21. The van der Waals surface area contributed by atoms with Crippen molar-refractivity contribution in [2.75, 3.05) is 0 Å². The normalized spacial score (nSPS) is 12.6. The zero-order valence-corrected chi connectivity index (χ0v) is 11.4. The summed E-state index contributed by atoms with van der Waals surface area (Å²) < 4.78 is 5.79. The second kappa shape index (κ2) is 5.87. The number of carboxylic acids is 1. The van der Waals surface area contributed by atoms with E-state index in [1.165, 1.54) is 0 Å². The standard InChI is InChI=1S/C14H21NO3/c1-8(2)18-14-10(4)9(3)5-6-11(14)12(15)7-13(16)17/h5-6,8,12H,7,15H2,1-4H3,(H,16,17). The molecule has 0 amide bonds. The topological polar surface area (TPSA) is 72.6 Å². The summed E-state index contributed by atoms with van der Waals surface area (Å²) in [6.45, 7) is 7.83. The lowest BCUT2D eigenvalue weighted by atomic mass is 9.97. The highest BCUT2D eigenvalue weighted by Crippen LogP contribution is 2.32. The molecule has 0 aliphatic heterocycles. The molecule has 0 fully saturated rings. The van der Waals surface area contributed by atoms with Crippen molar-refractivity contribution < 1.29 is 14.6 Å². The number of carboxylic acid groups (broad SMARTS) is 1. The maximum absolute atomic E-state index is 10.7. The number of ether oxygens (including phenoxy) is 1. The zero-order chi connectivity index (χ0) is 13.9.